The van der Waals surface area contributed by atoms with Crippen LogP contribution in [0.25, 0.3) is 0 Å². The highest BCUT2D eigenvalue weighted by Crippen LogP contribution is 2.17. The Labute approximate surface area is 183 Å². The topological polar surface area (TPSA) is 78.9 Å². The second-order valence-corrected chi connectivity index (χ2v) is 7.86. The molecule has 0 saturated carbocycles. The Morgan fingerprint density at radius 1 is 0.600 bits per heavy atom. The zero-order chi connectivity index (χ0) is 22.6. The smallest absolute Gasteiger partial charge is 0.309 e. The molecule has 30 heavy (non-hydrogen) atoms. The van der Waals surface area contributed by atoms with Crippen molar-refractivity contribution in [2.24, 2.45) is 0 Å². The van der Waals surface area contributed by atoms with Crippen LogP contribution >= 0.6 is 0 Å². The van der Waals surface area contributed by atoms with Crippen molar-refractivity contribution < 1.29 is 28.6 Å². The van der Waals surface area contributed by atoms with Gasteiger partial charge in [-0.1, -0.05) is 72.6 Å². The molecule has 0 amide bonds. The van der Waals surface area contributed by atoms with Crippen LogP contribution in [0.1, 0.15) is 118 Å². The maximum Gasteiger partial charge on any atom is 0.309 e. The van der Waals surface area contributed by atoms with Crippen LogP contribution in [-0.4, -0.2) is 36.7 Å². The van der Waals surface area contributed by atoms with Crippen molar-refractivity contribution in [1.29, 1.82) is 0 Å². The first-order chi connectivity index (χ1) is 14.5. The first-order valence-electron chi connectivity index (χ1n) is 12.0. The molecular formula is C24H44O6. The molecule has 2 atom stereocenters. The molecular weight excluding hydrogens is 384 g/mol. The summed E-state index contributed by atoms with van der Waals surface area (Å²) in [7, 11) is 0. The summed E-state index contributed by atoms with van der Waals surface area (Å²) < 4.78 is 16.5. The monoisotopic (exact) mass is 428 g/mol. The third kappa shape index (κ3) is 15.3. The number of carbonyl (C=O) groups is 3. The van der Waals surface area contributed by atoms with Crippen molar-refractivity contribution in [2.45, 2.75) is 130 Å². The van der Waals surface area contributed by atoms with Crippen LogP contribution < -0.4 is 0 Å². The molecule has 176 valence electrons. The molecule has 0 heterocycles. The first-order valence-corrected chi connectivity index (χ1v) is 12.0. The van der Waals surface area contributed by atoms with Crippen LogP contribution in [0.4, 0.5) is 0 Å². The normalized spacial score (nSPS) is 12.8. The van der Waals surface area contributed by atoms with E-state index in [-0.39, 0.29) is 18.4 Å². The lowest BCUT2D eigenvalue weighted by molar-refractivity contribution is -0.173. The molecule has 6 nitrogen and oxygen atoms in total. The Morgan fingerprint density at radius 2 is 1.10 bits per heavy atom. The van der Waals surface area contributed by atoms with E-state index in [9.17, 15) is 14.4 Å². The van der Waals surface area contributed by atoms with Crippen molar-refractivity contribution in [3.63, 3.8) is 0 Å². The minimum absolute atomic E-state index is 0.0892. The van der Waals surface area contributed by atoms with Gasteiger partial charge in [0.1, 0.15) is 12.2 Å². The van der Waals surface area contributed by atoms with E-state index in [0.717, 1.165) is 64.2 Å². The highest BCUT2D eigenvalue weighted by atomic mass is 16.6. The van der Waals surface area contributed by atoms with Gasteiger partial charge < -0.3 is 14.2 Å². The summed E-state index contributed by atoms with van der Waals surface area (Å²) in [5, 5.41) is 0. The number of esters is 3. The molecule has 0 aliphatic carbocycles. The minimum Gasteiger partial charge on any atom is -0.466 e. The van der Waals surface area contributed by atoms with Crippen LogP contribution in [0.2, 0.25) is 0 Å². The molecule has 0 saturated heterocycles. The number of ether oxygens (including phenoxy) is 3. The third-order valence-corrected chi connectivity index (χ3v) is 4.98. The van der Waals surface area contributed by atoms with E-state index in [1.54, 1.807) is 0 Å². The Bertz CT molecular complexity index is 463. The standard InChI is InChI=1S/C24H44O6/c1-5-9-12-15-18-28-24(27)19-21(30-23(26)17-14-11-7-3)20(8-4)29-22(25)16-13-10-6-2/h20-21H,5-19H2,1-4H3. The number of rotatable bonds is 19. The van der Waals surface area contributed by atoms with Gasteiger partial charge in [-0.15, -0.1) is 0 Å². The molecule has 0 aromatic rings. The SMILES string of the molecule is CCCCCCOC(=O)CC(OC(=O)CCCCC)C(CC)OC(=O)CCCCC. The molecule has 0 spiro atoms. The van der Waals surface area contributed by atoms with E-state index in [2.05, 4.69) is 20.8 Å². The second kappa shape index (κ2) is 19.4. The molecule has 0 aliphatic rings. The summed E-state index contributed by atoms with van der Waals surface area (Å²) in [6, 6.07) is 0. The average molecular weight is 429 g/mol. The lowest BCUT2D eigenvalue weighted by atomic mass is 10.1. The lowest BCUT2D eigenvalue weighted by Gasteiger charge is -2.26. The molecule has 0 aliphatic heterocycles. The third-order valence-electron chi connectivity index (χ3n) is 4.98. The molecule has 0 radical (unpaired) electrons. The summed E-state index contributed by atoms with van der Waals surface area (Å²) in [5.74, 6) is -1.08. The summed E-state index contributed by atoms with van der Waals surface area (Å²) in [4.78, 5) is 36.7. The zero-order valence-electron chi connectivity index (χ0n) is 19.7. The average Bonchev–Trinajstić information content (AvgIpc) is 2.71. The van der Waals surface area contributed by atoms with E-state index in [1.807, 2.05) is 6.92 Å². The van der Waals surface area contributed by atoms with E-state index >= 15 is 0 Å². The molecule has 0 N–H and O–H groups in total. The summed E-state index contributed by atoms with van der Waals surface area (Å²) in [6.45, 7) is 8.49. The van der Waals surface area contributed by atoms with Crippen molar-refractivity contribution in [3.8, 4) is 0 Å². The largest absolute Gasteiger partial charge is 0.466 e. The van der Waals surface area contributed by atoms with Crippen LogP contribution in [0, 0.1) is 0 Å². The fourth-order valence-corrected chi connectivity index (χ4v) is 3.10. The van der Waals surface area contributed by atoms with Crippen LogP contribution in [0.3, 0.4) is 0 Å². The Hall–Kier alpha value is -1.59. The molecule has 6 heteroatoms. The van der Waals surface area contributed by atoms with E-state index in [4.69, 9.17) is 14.2 Å². The maximum atomic E-state index is 12.3. The number of unbranched alkanes of at least 4 members (excludes halogenated alkanes) is 7. The van der Waals surface area contributed by atoms with Crippen LogP contribution in [-0.2, 0) is 28.6 Å². The number of carbonyl (C=O) groups excluding carboxylic acids is 3. The summed E-state index contributed by atoms with van der Waals surface area (Å²) >= 11 is 0. The van der Waals surface area contributed by atoms with Gasteiger partial charge in [-0.2, -0.15) is 0 Å². The predicted molar refractivity (Wildman–Crippen MR) is 118 cm³/mol. The second-order valence-electron chi connectivity index (χ2n) is 7.86. The highest BCUT2D eigenvalue weighted by Gasteiger charge is 2.30. The van der Waals surface area contributed by atoms with Gasteiger partial charge in [-0.25, -0.2) is 0 Å². The fourth-order valence-electron chi connectivity index (χ4n) is 3.10. The van der Waals surface area contributed by atoms with E-state index < -0.39 is 18.2 Å². The number of hydrogen-bond donors (Lipinski definition) is 0. The van der Waals surface area contributed by atoms with Gasteiger partial charge in [-0.05, 0) is 25.7 Å². The van der Waals surface area contributed by atoms with Crippen molar-refractivity contribution in [1.82, 2.24) is 0 Å². The quantitative estimate of drug-likeness (QED) is 0.145. The zero-order valence-corrected chi connectivity index (χ0v) is 19.7. The van der Waals surface area contributed by atoms with E-state index in [1.165, 1.54) is 0 Å². The number of hydrogen-bond acceptors (Lipinski definition) is 6. The Balaban J connectivity index is 4.81. The van der Waals surface area contributed by atoms with Crippen molar-refractivity contribution >= 4 is 17.9 Å². The predicted octanol–water partition coefficient (Wildman–Crippen LogP) is 5.89. The summed E-state index contributed by atoms with van der Waals surface area (Å²) in [6.07, 6.45) is 9.11. The Morgan fingerprint density at radius 3 is 1.60 bits per heavy atom. The van der Waals surface area contributed by atoms with Gasteiger partial charge in [0.2, 0.25) is 0 Å². The minimum atomic E-state index is -0.803. The summed E-state index contributed by atoms with van der Waals surface area (Å²) in [5.41, 5.74) is 0. The van der Waals surface area contributed by atoms with Gasteiger partial charge in [0.05, 0.1) is 13.0 Å². The molecule has 0 aromatic carbocycles. The first kappa shape index (κ1) is 28.4. The highest BCUT2D eigenvalue weighted by molar-refractivity contribution is 5.73. The fraction of sp³-hybridized carbons (Fsp3) is 0.875. The van der Waals surface area contributed by atoms with Gasteiger partial charge in [0.15, 0.2) is 0 Å². The van der Waals surface area contributed by atoms with Gasteiger partial charge >= 0.3 is 17.9 Å². The maximum absolute atomic E-state index is 12.3. The Kier molecular flexibility index (Phi) is 18.4. The molecule has 0 fully saturated rings. The molecule has 0 bridgehead atoms. The lowest BCUT2D eigenvalue weighted by Crippen LogP contribution is -2.37. The van der Waals surface area contributed by atoms with Crippen LogP contribution in [0.5, 0.6) is 0 Å². The van der Waals surface area contributed by atoms with Gasteiger partial charge in [0.25, 0.3) is 0 Å². The van der Waals surface area contributed by atoms with Crippen molar-refractivity contribution in [3.05, 3.63) is 0 Å². The van der Waals surface area contributed by atoms with Gasteiger partial charge in [0, 0.05) is 12.8 Å². The molecule has 2 unspecified atom stereocenters. The molecule has 0 aromatic heterocycles. The van der Waals surface area contributed by atoms with Crippen LogP contribution in [0.15, 0.2) is 0 Å². The van der Waals surface area contributed by atoms with Gasteiger partial charge in [-0.3, -0.25) is 14.4 Å². The molecule has 0 rings (SSSR count). The van der Waals surface area contributed by atoms with Crippen molar-refractivity contribution in [2.75, 3.05) is 6.61 Å². The van der Waals surface area contributed by atoms with E-state index in [0.29, 0.717) is 25.9 Å².